The minimum Gasteiger partial charge on any atom is -0.382 e. The van der Waals surface area contributed by atoms with Crippen LogP contribution in [0.2, 0.25) is 0 Å². The summed E-state index contributed by atoms with van der Waals surface area (Å²) in [7, 11) is 0. The number of rotatable bonds is 5. The van der Waals surface area contributed by atoms with Crippen LogP contribution in [0.4, 0.5) is 10.1 Å². The Balaban J connectivity index is 1.80. The molecule has 0 heterocycles. The van der Waals surface area contributed by atoms with Crippen molar-refractivity contribution in [3.63, 3.8) is 0 Å². The first-order chi connectivity index (χ1) is 8.27. The number of carbonyl (C=O) groups excluding carboxylic acids is 1. The number of halogens is 1. The number of para-hydroxylation sites is 1. The zero-order valence-corrected chi connectivity index (χ0v) is 9.40. The summed E-state index contributed by atoms with van der Waals surface area (Å²) in [5.41, 5.74) is 0.442. The average Bonchev–Trinajstić information content (AvgIpc) is 2.85. The summed E-state index contributed by atoms with van der Waals surface area (Å²) < 4.78 is 13.2. The second-order valence-electron chi connectivity index (χ2n) is 3.92. The molecule has 0 saturated heterocycles. The van der Waals surface area contributed by atoms with Gasteiger partial charge in [0, 0.05) is 13.0 Å². The number of nitrogens with one attached hydrogen (secondary N) is 1. The van der Waals surface area contributed by atoms with Crippen LogP contribution < -0.4 is 5.32 Å². The quantitative estimate of drug-likeness (QED) is 0.844. The van der Waals surface area contributed by atoms with Gasteiger partial charge in [-0.1, -0.05) is 36.4 Å². The van der Waals surface area contributed by atoms with Gasteiger partial charge in [-0.15, -0.1) is 0 Å². The molecule has 0 radical (unpaired) electrons. The van der Waals surface area contributed by atoms with E-state index in [9.17, 15) is 9.18 Å². The van der Waals surface area contributed by atoms with Crippen LogP contribution in [0.25, 0.3) is 0 Å². The molecule has 3 heteroatoms. The summed E-state index contributed by atoms with van der Waals surface area (Å²) in [4.78, 5) is 11.7. The van der Waals surface area contributed by atoms with E-state index in [0.717, 1.165) is 0 Å². The molecular formula is C14H14FNO. The lowest BCUT2D eigenvalue weighted by molar-refractivity contribution is -0.120. The lowest BCUT2D eigenvalue weighted by atomic mass is 10.0. The Morgan fingerprint density at radius 1 is 1.24 bits per heavy atom. The molecule has 0 bridgehead atoms. The molecule has 1 aliphatic carbocycles. The number of hydrogen-bond acceptors (Lipinski definition) is 2. The van der Waals surface area contributed by atoms with Gasteiger partial charge in [-0.05, 0) is 12.1 Å². The van der Waals surface area contributed by atoms with Gasteiger partial charge in [-0.3, -0.25) is 4.79 Å². The minimum absolute atomic E-state index is 0.0996. The van der Waals surface area contributed by atoms with Crippen LogP contribution in [0.1, 0.15) is 6.42 Å². The predicted octanol–water partition coefficient (Wildman–Crippen LogP) is 2.94. The van der Waals surface area contributed by atoms with Crippen LogP contribution in [-0.2, 0) is 4.79 Å². The normalized spacial score (nSPS) is 14.2. The van der Waals surface area contributed by atoms with Crippen molar-refractivity contribution in [3.8, 4) is 0 Å². The molecule has 0 saturated carbocycles. The number of hydrogen-bond donors (Lipinski definition) is 1. The molecule has 0 unspecified atom stereocenters. The second-order valence-corrected chi connectivity index (χ2v) is 3.92. The second kappa shape index (κ2) is 5.43. The van der Waals surface area contributed by atoms with Crippen molar-refractivity contribution >= 4 is 11.5 Å². The smallest absolute Gasteiger partial charge is 0.146 e. The van der Waals surface area contributed by atoms with Crippen LogP contribution in [0.15, 0.2) is 48.6 Å². The van der Waals surface area contributed by atoms with Gasteiger partial charge in [0.2, 0.25) is 0 Å². The Kier molecular flexibility index (Phi) is 3.70. The summed E-state index contributed by atoms with van der Waals surface area (Å²) in [5.74, 6) is -0.239. The van der Waals surface area contributed by atoms with E-state index < -0.39 is 0 Å². The standard InChI is InChI=1S/C14H14FNO/c15-12-7-3-4-8-13(12)16-10-9-14(17)11-5-1-2-6-11/h1-8,11,16H,9-10H2. The van der Waals surface area contributed by atoms with Crippen LogP contribution in [0, 0.1) is 11.7 Å². The maximum absolute atomic E-state index is 13.2. The molecule has 0 amide bonds. The zero-order valence-electron chi connectivity index (χ0n) is 9.40. The summed E-state index contributed by atoms with van der Waals surface area (Å²) in [6.07, 6.45) is 7.87. The van der Waals surface area contributed by atoms with Gasteiger partial charge in [0.15, 0.2) is 0 Å². The van der Waals surface area contributed by atoms with Crippen molar-refractivity contribution in [2.45, 2.75) is 6.42 Å². The van der Waals surface area contributed by atoms with Crippen LogP contribution in [0.5, 0.6) is 0 Å². The number of benzene rings is 1. The van der Waals surface area contributed by atoms with Crippen LogP contribution >= 0.6 is 0 Å². The zero-order chi connectivity index (χ0) is 12.1. The maximum atomic E-state index is 13.2. The summed E-state index contributed by atoms with van der Waals surface area (Å²) in [5, 5.41) is 2.92. The van der Waals surface area contributed by atoms with Crippen molar-refractivity contribution in [1.82, 2.24) is 0 Å². The third kappa shape index (κ3) is 3.03. The largest absolute Gasteiger partial charge is 0.382 e. The number of ketones is 1. The summed E-state index contributed by atoms with van der Waals surface area (Å²) >= 11 is 0. The van der Waals surface area contributed by atoms with Gasteiger partial charge in [0.05, 0.1) is 11.6 Å². The number of Topliss-reactive ketones (excluding diaryl/α,β-unsaturated/α-hetero) is 1. The Hall–Kier alpha value is -1.90. The molecule has 17 heavy (non-hydrogen) atoms. The first-order valence-corrected chi connectivity index (χ1v) is 5.63. The lowest BCUT2D eigenvalue weighted by Gasteiger charge is -2.08. The number of anilines is 1. The molecule has 1 aromatic carbocycles. The first kappa shape index (κ1) is 11.6. The van der Waals surface area contributed by atoms with Crippen LogP contribution in [0.3, 0.4) is 0 Å². The number of allylic oxidation sites excluding steroid dienone is 4. The summed E-state index contributed by atoms with van der Waals surface area (Å²) in [6, 6.07) is 6.46. The molecule has 0 fully saturated rings. The molecular weight excluding hydrogens is 217 g/mol. The molecule has 1 N–H and O–H groups in total. The molecule has 0 atom stereocenters. The maximum Gasteiger partial charge on any atom is 0.146 e. The highest BCUT2D eigenvalue weighted by atomic mass is 19.1. The van der Waals surface area contributed by atoms with Crippen molar-refractivity contribution in [3.05, 3.63) is 54.4 Å². The lowest BCUT2D eigenvalue weighted by Crippen LogP contribution is -2.14. The molecule has 0 spiro atoms. The topological polar surface area (TPSA) is 29.1 Å². The minimum atomic E-state index is -0.291. The Morgan fingerprint density at radius 2 is 1.94 bits per heavy atom. The third-order valence-corrected chi connectivity index (χ3v) is 2.68. The number of carbonyl (C=O) groups is 1. The molecule has 0 aliphatic heterocycles. The molecule has 1 aliphatic rings. The van der Waals surface area contributed by atoms with Gasteiger partial charge >= 0.3 is 0 Å². The van der Waals surface area contributed by atoms with Crippen molar-refractivity contribution in [2.75, 3.05) is 11.9 Å². The average molecular weight is 231 g/mol. The van der Waals surface area contributed by atoms with Gasteiger partial charge in [-0.25, -0.2) is 4.39 Å². The fourth-order valence-corrected chi connectivity index (χ4v) is 1.74. The van der Waals surface area contributed by atoms with Gasteiger partial charge < -0.3 is 5.32 Å². The fourth-order valence-electron chi connectivity index (χ4n) is 1.74. The highest BCUT2D eigenvalue weighted by Crippen LogP contribution is 2.14. The van der Waals surface area contributed by atoms with E-state index in [4.69, 9.17) is 0 Å². The molecule has 0 aromatic heterocycles. The van der Waals surface area contributed by atoms with E-state index in [-0.39, 0.29) is 17.5 Å². The Bertz CT molecular complexity index is 453. The van der Waals surface area contributed by atoms with E-state index in [0.29, 0.717) is 18.7 Å². The predicted molar refractivity (Wildman–Crippen MR) is 66.3 cm³/mol. The van der Waals surface area contributed by atoms with E-state index in [1.165, 1.54) is 6.07 Å². The molecule has 88 valence electrons. The molecule has 2 rings (SSSR count). The molecule has 2 nitrogen and oxygen atoms in total. The highest BCUT2D eigenvalue weighted by molar-refractivity contribution is 5.85. The van der Waals surface area contributed by atoms with Crippen molar-refractivity contribution < 1.29 is 9.18 Å². The van der Waals surface area contributed by atoms with Gasteiger partial charge in [-0.2, -0.15) is 0 Å². The monoisotopic (exact) mass is 231 g/mol. The SMILES string of the molecule is O=C(CCNc1ccccc1F)C1C=CC=C1. The van der Waals surface area contributed by atoms with E-state index in [1.54, 1.807) is 18.2 Å². The van der Waals surface area contributed by atoms with Crippen molar-refractivity contribution in [1.29, 1.82) is 0 Å². The van der Waals surface area contributed by atoms with Gasteiger partial charge in [0.1, 0.15) is 11.6 Å². The van der Waals surface area contributed by atoms with E-state index >= 15 is 0 Å². The highest BCUT2D eigenvalue weighted by Gasteiger charge is 2.13. The van der Waals surface area contributed by atoms with Gasteiger partial charge in [0.25, 0.3) is 0 Å². The molecule has 1 aromatic rings. The fraction of sp³-hybridized carbons (Fsp3) is 0.214. The van der Waals surface area contributed by atoms with Crippen molar-refractivity contribution in [2.24, 2.45) is 5.92 Å². The Morgan fingerprint density at radius 3 is 2.65 bits per heavy atom. The first-order valence-electron chi connectivity index (χ1n) is 5.63. The van der Waals surface area contributed by atoms with Crippen LogP contribution in [-0.4, -0.2) is 12.3 Å². The summed E-state index contributed by atoms with van der Waals surface area (Å²) in [6.45, 7) is 0.456. The Labute approximate surface area is 99.8 Å². The van der Waals surface area contributed by atoms with E-state index in [1.807, 2.05) is 24.3 Å². The van der Waals surface area contributed by atoms with E-state index in [2.05, 4.69) is 5.32 Å². The third-order valence-electron chi connectivity index (χ3n) is 2.68.